The number of H-pyrrole nitrogens is 1. The molecule has 0 amide bonds. The van der Waals surface area contributed by atoms with Crippen LogP contribution in [-0.2, 0) is 6.18 Å². The molecule has 0 spiro atoms. The van der Waals surface area contributed by atoms with Crippen molar-refractivity contribution >= 4 is 16.6 Å². The van der Waals surface area contributed by atoms with Crippen molar-refractivity contribution in [1.29, 1.82) is 0 Å². The van der Waals surface area contributed by atoms with Crippen molar-refractivity contribution < 1.29 is 13.2 Å². The zero-order valence-electron chi connectivity index (χ0n) is 7.78. The molecule has 0 aliphatic carbocycles. The Kier molecular flexibility index (Phi) is 1.58. The Hall–Kier alpha value is -2.05. The Morgan fingerprint density at radius 2 is 2.06 bits per heavy atom. The third-order valence-corrected chi connectivity index (χ3v) is 2.36. The van der Waals surface area contributed by atoms with Gasteiger partial charge < -0.3 is 0 Å². The van der Waals surface area contributed by atoms with Crippen LogP contribution < -0.4 is 0 Å². The summed E-state index contributed by atoms with van der Waals surface area (Å²) in [7, 11) is 0. The van der Waals surface area contributed by atoms with Gasteiger partial charge in [0, 0.05) is 6.20 Å². The molecule has 0 aliphatic heterocycles. The maximum absolute atomic E-state index is 12.4. The lowest BCUT2D eigenvalue weighted by atomic mass is 10.2. The molecule has 3 aromatic heterocycles. The molecule has 0 aliphatic rings. The number of pyridine rings is 1. The second-order valence-electron chi connectivity index (χ2n) is 3.38. The van der Waals surface area contributed by atoms with Crippen LogP contribution in [0, 0.1) is 0 Å². The lowest BCUT2D eigenvalue weighted by molar-refractivity contribution is -0.137. The summed E-state index contributed by atoms with van der Waals surface area (Å²) in [6.45, 7) is 0. The number of nitrogens with one attached hydrogen (secondary N) is 1. The second kappa shape index (κ2) is 2.75. The molecule has 0 unspecified atom stereocenters. The summed E-state index contributed by atoms with van der Waals surface area (Å²) >= 11 is 0. The predicted molar refractivity (Wildman–Crippen MR) is 49.8 cm³/mol. The molecular formula is C9H5F3N4. The van der Waals surface area contributed by atoms with Crippen LogP contribution in [0.4, 0.5) is 13.2 Å². The number of rotatable bonds is 0. The average Bonchev–Trinajstić information content (AvgIpc) is 2.74. The number of aromatic amines is 1. The van der Waals surface area contributed by atoms with Crippen LogP contribution in [0.2, 0.25) is 0 Å². The zero-order valence-corrected chi connectivity index (χ0v) is 7.78. The van der Waals surface area contributed by atoms with Gasteiger partial charge in [0.1, 0.15) is 0 Å². The normalized spacial score (nSPS) is 12.7. The Balaban J connectivity index is 2.33. The lowest BCUT2D eigenvalue weighted by Gasteiger charge is -2.05. The van der Waals surface area contributed by atoms with Crippen molar-refractivity contribution in [2.75, 3.05) is 0 Å². The van der Waals surface area contributed by atoms with Gasteiger partial charge in [0.25, 0.3) is 0 Å². The van der Waals surface area contributed by atoms with Crippen LogP contribution >= 0.6 is 0 Å². The van der Waals surface area contributed by atoms with E-state index in [0.717, 1.165) is 12.3 Å². The second-order valence-corrected chi connectivity index (χ2v) is 3.38. The Labute approximate surface area is 86.7 Å². The minimum absolute atomic E-state index is 0.472. The summed E-state index contributed by atoms with van der Waals surface area (Å²) in [6, 6.07) is 2.41. The van der Waals surface area contributed by atoms with Crippen LogP contribution in [0.15, 0.2) is 24.5 Å². The SMILES string of the molecule is FC(F)(F)c1ccc2c3cn[nH]c3nn2c1. The highest BCUT2D eigenvalue weighted by Crippen LogP contribution is 2.30. The van der Waals surface area contributed by atoms with Crippen molar-refractivity contribution in [2.24, 2.45) is 0 Å². The summed E-state index contributed by atoms with van der Waals surface area (Å²) < 4.78 is 38.5. The molecule has 0 radical (unpaired) electrons. The Morgan fingerprint density at radius 1 is 1.25 bits per heavy atom. The fourth-order valence-corrected chi connectivity index (χ4v) is 1.60. The summed E-state index contributed by atoms with van der Waals surface area (Å²) in [5, 5.41) is 11.0. The van der Waals surface area contributed by atoms with Gasteiger partial charge in [-0.1, -0.05) is 0 Å². The predicted octanol–water partition coefficient (Wildman–Crippen LogP) is 2.23. The minimum atomic E-state index is -4.36. The van der Waals surface area contributed by atoms with Crippen LogP contribution in [0.1, 0.15) is 5.56 Å². The highest BCUT2D eigenvalue weighted by Gasteiger charge is 2.31. The molecule has 3 aromatic rings. The van der Waals surface area contributed by atoms with E-state index in [1.165, 1.54) is 16.8 Å². The molecule has 7 heteroatoms. The fraction of sp³-hybridized carbons (Fsp3) is 0.111. The molecular weight excluding hydrogens is 221 g/mol. The summed E-state index contributed by atoms with van der Waals surface area (Å²) in [6.07, 6.45) is -1.86. The topological polar surface area (TPSA) is 46.0 Å². The van der Waals surface area contributed by atoms with Crippen molar-refractivity contribution in [1.82, 2.24) is 19.8 Å². The smallest absolute Gasteiger partial charge is 0.259 e. The first-order chi connectivity index (χ1) is 7.55. The van der Waals surface area contributed by atoms with E-state index < -0.39 is 11.7 Å². The van der Waals surface area contributed by atoms with Gasteiger partial charge in [0.2, 0.25) is 0 Å². The number of halogens is 3. The largest absolute Gasteiger partial charge is 0.417 e. The fourth-order valence-electron chi connectivity index (χ4n) is 1.60. The third kappa shape index (κ3) is 1.17. The molecule has 1 N–H and O–H groups in total. The van der Waals surface area contributed by atoms with E-state index in [0.29, 0.717) is 16.6 Å². The molecule has 0 bridgehead atoms. The van der Waals surface area contributed by atoms with Gasteiger partial charge in [-0.3, -0.25) is 5.10 Å². The van der Waals surface area contributed by atoms with Crippen molar-refractivity contribution in [2.45, 2.75) is 6.18 Å². The molecule has 4 nitrogen and oxygen atoms in total. The highest BCUT2D eigenvalue weighted by atomic mass is 19.4. The number of hydrogen-bond donors (Lipinski definition) is 1. The number of aromatic nitrogens is 4. The average molecular weight is 226 g/mol. The number of fused-ring (bicyclic) bond motifs is 3. The molecule has 0 aromatic carbocycles. The van der Waals surface area contributed by atoms with Gasteiger partial charge >= 0.3 is 6.18 Å². The quantitative estimate of drug-likeness (QED) is 0.638. The van der Waals surface area contributed by atoms with Gasteiger partial charge in [0.15, 0.2) is 5.65 Å². The molecule has 16 heavy (non-hydrogen) atoms. The minimum Gasteiger partial charge on any atom is -0.259 e. The van der Waals surface area contributed by atoms with Gasteiger partial charge in [0.05, 0.1) is 22.7 Å². The van der Waals surface area contributed by atoms with Crippen LogP contribution in [0.25, 0.3) is 16.6 Å². The first-order valence-electron chi connectivity index (χ1n) is 4.44. The van der Waals surface area contributed by atoms with Gasteiger partial charge in [-0.2, -0.15) is 18.3 Å². The molecule has 0 saturated heterocycles. The summed E-state index contributed by atoms with van der Waals surface area (Å²) in [5.41, 5.74) is 0.342. The zero-order chi connectivity index (χ0) is 11.3. The monoisotopic (exact) mass is 226 g/mol. The highest BCUT2D eigenvalue weighted by molar-refractivity contribution is 5.91. The van der Waals surface area contributed by atoms with E-state index in [4.69, 9.17) is 0 Å². The van der Waals surface area contributed by atoms with Crippen LogP contribution in [0.3, 0.4) is 0 Å². The number of nitrogens with zero attached hydrogens (tertiary/aromatic N) is 3. The van der Waals surface area contributed by atoms with Crippen molar-refractivity contribution in [3.8, 4) is 0 Å². The molecule has 0 saturated carbocycles. The van der Waals surface area contributed by atoms with Crippen LogP contribution in [-0.4, -0.2) is 19.8 Å². The molecule has 3 rings (SSSR count). The van der Waals surface area contributed by atoms with E-state index in [-0.39, 0.29) is 0 Å². The van der Waals surface area contributed by atoms with Gasteiger partial charge in [-0.05, 0) is 12.1 Å². The standard InChI is InChI=1S/C9H5F3N4/c10-9(11,12)5-1-2-7-6-3-13-14-8(6)15-16(7)4-5/h1-4H,(H,14,15). The first-order valence-corrected chi connectivity index (χ1v) is 4.44. The number of alkyl halides is 3. The van der Waals surface area contributed by atoms with Gasteiger partial charge in [-0.25, -0.2) is 4.52 Å². The maximum atomic E-state index is 12.4. The van der Waals surface area contributed by atoms with Gasteiger partial charge in [-0.15, -0.1) is 5.10 Å². The van der Waals surface area contributed by atoms with E-state index in [2.05, 4.69) is 15.3 Å². The van der Waals surface area contributed by atoms with E-state index in [9.17, 15) is 13.2 Å². The number of hydrogen-bond acceptors (Lipinski definition) is 2. The van der Waals surface area contributed by atoms with E-state index in [1.54, 1.807) is 0 Å². The molecule has 82 valence electrons. The van der Waals surface area contributed by atoms with E-state index in [1.807, 2.05) is 0 Å². The molecule has 0 atom stereocenters. The summed E-state index contributed by atoms with van der Waals surface area (Å²) in [5.74, 6) is 0. The summed E-state index contributed by atoms with van der Waals surface area (Å²) in [4.78, 5) is 0. The van der Waals surface area contributed by atoms with E-state index >= 15 is 0 Å². The van der Waals surface area contributed by atoms with Crippen molar-refractivity contribution in [3.63, 3.8) is 0 Å². The first kappa shape index (κ1) is 9.20. The Bertz CT molecular complexity index is 664. The van der Waals surface area contributed by atoms with Crippen molar-refractivity contribution in [3.05, 3.63) is 30.1 Å². The lowest BCUT2D eigenvalue weighted by Crippen LogP contribution is -2.06. The molecule has 0 fully saturated rings. The van der Waals surface area contributed by atoms with Crippen LogP contribution in [0.5, 0.6) is 0 Å². The Morgan fingerprint density at radius 3 is 2.81 bits per heavy atom. The molecule has 3 heterocycles. The maximum Gasteiger partial charge on any atom is 0.417 e. The third-order valence-electron chi connectivity index (χ3n) is 2.36.